The molecule has 0 bridgehead atoms. The monoisotopic (exact) mass is 434 g/mol. The Morgan fingerprint density at radius 3 is 2.58 bits per heavy atom. The molecule has 1 atom stereocenters. The lowest BCUT2D eigenvalue weighted by Gasteiger charge is -2.18. The maximum Gasteiger partial charge on any atom is 0.271 e. The fraction of sp³-hybridized carbons (Fsp3) is 0.125. The van der Waals surface area contributed by atoms with Crippen LogP contribution in [0.3, 0.4) is 0 Å². The first-order valence-electron chi connectivity index (χ1n) is 9.60. The number of aromatic nitrogens is 1. The van der Waals surface area contributed by atoms with Crippen molar-refractivity contribution in [3.05, 3.63) is 92.9 Å². The summed E-state index contributed by atoms with van der Waals surface area (Å²) >= 11 is 5.88. The zero-order valence-electron chi connectivity index (χ0n) is 16.9. The first-order valence-corrected chi connectivity index (χ1v) is 9.98. The minimum atomic E-state index is -0.753. The van der Waals surface area contributed by atoms with E-state index in [1.54, 1.807) is 13.0 Å². The number of primary amides is 1. The number of amides is 1. The van der Waals surface area contributed by atoms with Crippen LogP contribution in [0.15, 0.2) is 69.9 Å². The number of aryl methyl sites for hydroxylation is 1. The van der Waals surface area contributed by atoms with Gasteiger partial charge in [0.25, 0.3) is 5.91 Å². The number of carbonyl (C=O) groups excluding carboxylic acids is 1. The number of pyridine rings is 1. The van der Waals surface area contributed by atoms with Crippen LogP contribution in [-0.4, -0.2) is 10.9 Å². The molecule has 2 heterocycles. The highest BCUT2D eigenvalue weighted by Gasteiger charge is 2.20. The number of nitrogens with two attached hydrogens (primary N) is 1. The Hall–Kier alpha value is -3.64. The maximum absolute atomic E-state index is 12.9. The molecule has 0 spiro atoms. The second-order valence-electron chi connectivity index (χ2n) is 7.18. The first kappa shape index (κ1) is 20.6. The summed E-state index contributed by atoms with van der Waals surface area (Å²) in [6, 6.07) is 17.6. The fourth-order valence-electron chi connectivity index (χ4n) is 3.43. The summed E-state index contributed by atoms with van der Waals surface area (Å²) in [6.45, 7) is 3.68. The van der Waals surface area contributed by atoms with Crippen LogP contribution in [0.1, 0.15) is 34.6 Å². The molecule has 0 saturated heterocycles. The van der Waals surface area contributed by atoms with Crippen molar-refractivity contribution in [2.75, 3.05) is 0 Å². The molecule has 6 nitrogen and oxygen atoms in total. The average molecular weight is 435 g/mol. The number of hydrogen-bond donors (Lipinski definition) is 1. The molecular formula is C24H19ClN2O4. The van der Waals surface area contributed by atoms with Gasteiger partial charge in [-0.2, -0.15) is 0 Å². The Morgan fingerprint density at radius 2 is 1.87 bits per heavy atom. The molecule has 4 rings (SSSR count). The van der Waals surface area contributed by atoms with Crippen molar-refractivity contribution < 1.29 is 13.9 Å². The van der Waals surface area contributed by atoms with Gasteiger partial charge in [0.05, 0.1) is 5.39 Å². The summed E-state index contributed by atoms with van der Waals surface area (Å²) in [5.41, 5.74) is 7.95. The van der Waals surface area contributed by atoms with Gasteiger partial charge < -0.3 is 14.9 Å². The van der Waals surface area contributed by atoms with Crippen LogP contribution in [0.5, 0.6) is 5.75 Å². The smallest absolute Gasteiger partial charge is 0.271 e. The van der Waals surface area contributed by atoms with Gasteiger partial charge in [0.15, 0.2) is 16.9 Å². The van der Waals surface area contributed by atoms with E-state index in [-0.39, 0.29) is 22.0 Å². The fourth-order valence-corrected chi connectivity index (χ4v) is 3.58. The normalized spacial score (nSPS) is 12.0. The van der Waals surface area contributed by atoms with Crippen molar-refractivity contribution in [1.29, 1.82) is 0 Å². The SMILES string of the molecule is Cc1cc([C@@H](C)Oc2ccc(Cl)nc2C(N)=O)c2oc(-c3ccccc3)cc(=O)c2c1. The van der Waals surface area contributed by atoms with E-state index in [9.17, 15) is 9.59 Å². The summed E-state index contributed by atoms with van der Waals surface area (Å²) in [7, 11) is 0. The van der Waals surface area contributed by atoms with Crippen LogP contribution in [0.2, 0.25) is 5.15 Å². The number of nitrogens with zero attached hydrogens (tertiary/aromatic N) is 1. The number of ether oxygens (including phenoxy) is 1. The van der Waals surface area contributed by atoms with Gasteiger partial charge in [-0.25, -0.2) is 4.98 Å². The molecule has 2 N–H and O–H groups in total. The molecule has 0 aliphatic rings. The number of rotatable bonds is 5. The summed E-state index contributed by atoms with van der Waals surface area (Å²) in [5.74, 6) is -0.0984. The Labute approximate surface area is 183 Å². The van der Waals surface area contributed by atoms with Crippen molar-refractivity contribution in [3.63, 3.8) is 0 Å². The third-order valence-electron chi connectivity index (χ3n) is 4.86. The maximum atomic E-state index is 12.9. The quantitative estimate of drug-likeness (QED) is 0.443. The minimum absolute atomic E-state index is 0.0669. The third kappa shape index (κ3) is 4.15. The topological polar surface area (TPSA) is 95.4 Å². The van der Waals surface area contributed by atoms with Gasteiger partial charge in [-0.15, -0.1) is 0 Å². The van der Waals surface area contributed by atoms with E-state index in [1.807, 2.05) is 43.3 Å². The van der Waals surface area contributed by atoms with Gasteiger partial charge in [-0.3, -0.25) is 9.59 Å². The molecule has 156 valence electrons. The largest absolute Gasteiger partial charge is 0.483 e. The van der Waals surface area contributed by atoms with Crippen molar-refractivity contribution in [2.45, 2.75) is 20.0 Å². The van der Waals surface area contributed by atoms with Crippen LogP contribution in [0.25, 0.3) is 22.3 Å². The predicted octanol–water partition coefficient (Wildman–Crippen LogP) is 5.06. The molecule has 0 radical (unpaired) electrons. The molecule has 2 aromatic carbocycles. The Morgan fingerprint density at radius 1 is 1.13 bits per heavy atom. The standard InChI is InChI=1S/C24H19ClN2O4/c1-13-10-16(14(2)30-19-8-9-21(25)27-22(19)24(26)29)23-17(11-13)18(28)12-20(31-23)15-6-4-3-5-7-15/h3-12,14H,1-2H3,(H2,26,29)/t14-/m1/s1. The van der Waals surface area contributed by atoms with Gasteiger partial charge in [0.2, 0.25) is 0 Å². The van der Waals surface area contributed by atoms with E-state index in [1.165, 1.54) is 18.2 Å². The zero-order chi connectivity index (χ0) is 22.1. The number of hydrogen-bond acceptors (Lipinski definition) is 5. The molecule has 4 aromatic rings. The van der Waals surface area contributed by atoms with Gasteiger partial charge >= 0.3 is 0 Å². The van der Waals surface area contributed by atoms with E-state index in [0.717, 1.165) is 11.1 Å². The molecule has 0 unspecified atom stereocenters. The Kier molecular flexibility index (Phi) is 5.48. The van der Waals surface area contributed by atoms with E-state index in [0.29, 0.717) is 22.3 Å². The van der Waals surface area contributed by atoms with Crippen molar-refractivity contribution in [3.8, 4) is 17.1 Å². The zero-order valence-corrected chi connectivity index (χ0v) is 17.6. The molecule has 0 saturated carbocycles. The lowest BCUT2D eigenvalue weighted by atomic mass is 10.0. The number of halogens is 1. The van der Waals surface area contributed by atoms with Crippen LogP contribution < -0.4 is 15.9 Å². The van der Waals surface area contributed by atoms with E-state index in [2.05, 4.69) is 4.98 Å². The number of fused-ring (bicyclic) bond motifs is 1. The molecule has 0 aliphatic carbocycles. The summed E-state index contributed by atoms with van der Waals surface area (Å²) in [4.78, 5) is 28.6. The second kappa shape index (κ2) is 8.24. The number of carbonyl (C=O) groups is 1. The van der Waals surface area contributed by atoms with Crippen LogP contribution in [0.4, 0.5) is 0 Å². The highest BCUT2D eigenvalue weighted by Crippen LogP contribution is 2.32. The van der Waals surface area contributed by atoms with Gasteiger partial charge in [-0.05, 0) is 43.7 Å². The molecular weight excluding hydrogens is 416 g/mol. The predicted molar refractivity (Wildman–Crippen MR) is 119 cm³/mol. The Balaban J connectivity index is 1.84. The lowest BCUT2D eigenvalue weighted by Crippen LogP contribution is -2.16. The van der Waals surface area contributed by atoms with Crippen LogP contribution in [-0.2, 0) is 0 Å². The van der Waals surface area contributed by atoms with Crippen LogP contribution >= 0.6 is 11.6 Å². The highest BCUT2D eigenvalue weighted by molar-refractivity contribution is 6.29. The average Bonchev–Trinajstić information content (AvgIpc) is 2.75. The molecule has 0 fully saturated rings. The van der Waals surface area contributed by atoms with E-state index < -0.39 is 12.0 Å². The summed E-state index contributed by atoms with van der Waals surface area (Å²) in [5, 5.41) is 0.586. The molecule has 0 aliphatic heterocycles. The number of benzene rings is 2. The molecule has 2 aromatic heterocycles. The van der Waals surface area contributed by atoms with Crippen molar-refractivity contribution in [1.82, 2.24) is 4.98 Å². The van der Waals surface area contributed by atoms with Gasteiger partial charge in [0.1, 0.15) is 22.6 Å². The third-order valence-corrected chi connectivity index (χ3v) is 5.07. The molecule has 7 heteroatoms. The lowest BCUT2D eigenvalue weighted by molar-refractivity contribution is 0.0988. The van der Waals surface area contributed by atoms with Crippen LogP contribution in [0, 0.1) is 6.92 Å². The van der Waals surface area contributed by atoms with E-state index >= 15 is 0 Å². The minimum Gasteiger partial charge on any atom is -0.483 e. The molecule has 31 heavy (non-hydrogen) atoms. The van der Waals surface area contributed by atoms with Crippen molar-refractivity contribution in [2.24, 2.45) is 5.73 Å². The van der Waals surface area contributed by atoms with Crippen molar-refractivity contribution >= 4 is 28.5 Å². The second-order valence-corrected chi connectivity index (χ2v) is 7.56. The van der Waals surface area contributed by atoms with E-state index in [4.69, 9.17) is 26.5 Å². The highest BCUT2D eigenvalue weighted by atomic mass is 35.5. The van der Waals surface area contributed by atoms with Gasteiger partial charge in [-0.1, -0.05) is 41.9 Å². The first-order chi connectivity index (χ1) is 14.8. The summed E-state index contributed by atoms with van der Waals surface area (Å²) in [6.07, 6.45) is -0.572. The molecule has 1 amide bonds. The Bertz CT molecular complexity index is 1350. The summed E-state index contributed by atoms with van der Waals surface area (Å²) < 4.78 is 12.2. The van der Waals surface area contributed by atoms with Gasteiger partial charge in [0, 0.05) is 17.2 Å².